The summed E-state index contributed by atoms with van der Waals surface area (Å²) in [7, 11) is 0. The molecule has 1 aliphatic heterocycles. The average Bonchev–Trinajstić information content (AvgIpc) is 2.97. The van der Waals surface area contributed by atoms with Gasteiger partial charge in [0, 0.05) is 35.5 Å². The summed E-state index contributed by atoms with van der Waals surface area (Å²) in [6.45, 7) is 1.31. The van der Waals surface area contributed by atoms with Crippen molar-refractivity contribution in [1.82, 2.24) is 20.4 Å². The summed E-state index contributed by atoms with van der Waals surface area (Å²) >= 11 is 0. The maximum atomic E-state index is 13.4. The first kappa shape index (κ1) is 14.6. The summed E-state index contributed by atoms with van der Waals surface area (Å²) in [5.74, 6) is -0.417. The van der Waals surface area contributed by atoms with Crippen LogP contribution in [-0.2, 0) is 13.0 Å². The fourth-order valence-electron chi connectivity index (χ4n) is 3.06. The maximum absolute atomic E-state index is 13.4. The molecule has 0 unspecified atom stereocenters. The van der Waals surface area contributed by atoms with Gasteiger partial charge in [-0.05, 0) is 30.2 Å². The van der Waals surface area contributed by atoms with Gasteiger partial charge in [0.15, 0.2) is 0 Å². The average molecular weight is 327 g/mol. The zero-order chi connectivity index (χ0) is 16.7. The summed E-state index contributed by atoms with van der Waals surface area (Å²) in [5.41, 5.74) is 4.72. The van der Waals surface area contributed by atoms with Crippen molar-refractivity contribution in [3.63, 3.8) is 0 Å². The lowest BCUT2D eigenvalue weighted by Gasteiger charge is -2.27. The van der Waals surface area contributed by atoms with E-state index in [4.69, 9.17) is 5.21 Å². The number of nitrogens with one attached hydrogen (secondary N) is 2. The second kappa shape index (κ2) is 5.57. The van der Waals surface area contributed by atoms with E-state index in [1.165, 1.54) is 30.1 Å². The van der Waals surface area contributed by atoms with Gasteiger partial charge in [-0.25, -0.2) is 19.8 Å². The SMILES string of the molecule is O=C(NO)c1cnc(N2CCc3c([nH]c4cc(F)ccc34)C2)nc1. The number of aromatic nitrogens is 3. The minimum Gasteiger partial charge on any atom is -0.357 e. The molecule has 0 atom stereocenters. The van der Waals surface area contributed by atoms with Gasteiger partial charge in [-0.1, -0.05) is 0 Å². The molecular weight excluding hydrogens is 313 g/mol. The lowest BCUT2D eigenvalue weighted by molar-refractivity contribution is 0.0705. The molecule has 24 heavy (non-hydrogen) atoms. The molecule has 2 aromatic heterocycles. The van der Waals surface area contributed by atoms with Crippen molar-refractivity contribution < 1.29 is 14.4 Å². The van der Waals surface area contributed by atoms with Gasteiger partial charge in [-0.3, -0.25) is 10.0 Å². The first-order chi connectivity index (χ1) is 11.7. The first-order valence-electron chi connectivity index (χ1n) is 7.46. The molecule has 0 aliphatic carbocycles. The number of aromatic amines is 1. The largest absolute Gasteiger partial charge is 0.357 e. The Morgan fingerprint density at radius 3 is 2.88 bits per heavy atom. The Hall–Kier alpha value is -3.00. The molecule has 1 aromatic carbocycles. The molecular formula is C16H14FN5O2. The zero-order valence-corrected chi connectivity index (χ0v) is 12.6. The van der Waals surface area contributed by atoms with Crippen LogP contribution in [0.3, 0.4) is 0 Å². The van der Waals surface area contributed by atoms with Gasteiger partial charge in [0.1, 0.15) is 5.82 Å². The van der Waals surface area contributed by atoms with Crippen molar-refractivity contribution in [1.29, 1.82) is 0 Å². The van der Waals surface area contributed by atoms with Crippen molar-refractivity contribution >= 4 is 22.8 Å². The molecule has 0 saturated carbocycles. The van der Waals surface area contributed by atoms with E-state index in [0.29, 0.717) is 12.5 Å². The van der Waals surface area contributed by atoms with Crippen LogP contribution in [-0.4, -0.2) is 32.6 Å². The van der Waals surface area contributed by atoms with Crippen molar-refractivity contribution in [3.05, 3.63) is 53.2 Å². The van der Waals surface area contributed by atoms with E-state index in [1.54, 1.807) is 11.5 Å². The van der Waals surface area contributed by atoms with Crippen LogP contribution in [0.5, 0.6) is 0 Å². The number of carbonyl (C=O) groups excluding carboxylic acids is 1. The molecule has 4 rings (SSSR count). The highest BCUT2D eigenvalue weighted by Crippen LogP contribution is 2.29. The fourth-order valence-corrected chi connectivity index (χ4v) is 3.06. The van der Waals surface area contributed by atoms with Crippen LogP contribution in [0.25, 0.3) is 10.9 Å². The summed E-state index contributed by atoms with van der Waals surface area (Å²) in [6.07, 6.45) is 3.52. The number of halogens is 1. The number of hydrogen-bond donors (Lipinski definition) is 3. The number of H-pyrrole nitrogens is 1. The molecule has 1 amide bonds. The number of nitrogens with zero attached hydrogens (tertiary/aromatic N) is 3. The molecule has 0 saturated heterocycles. The summed E-state index contributed by atoms with van der Waals surface area (Å²) in [5, 5.41) is 9.65. The third-order valence-corrected chi connectivity index (χ3v) is 4.22. The first-order valence-corrected chi connectivity index (χ1v) is 7.46. The van der Waals surface area contributed by atoms with Gasteiger partial charge in [-0.15, -0.1) is 0 Å². The highest BCUT2D eigenvalue weighted by atomic mass is 19.1. The molecule has 122 valence electrons. The molecule has 7 nitrogen and oxygen atoms in total. The second-order valence-corrected chi connectivity index (χ2v) is 5.66. The molecule has 8 heteroatoms. The Morgan fingerprint density at radius 2 is 2.12 bits per heavy atom. The lowest BCUT2D eigenvalue weighted by Crippen LogP contribution is -2.31. The molecule has 0 radical (unpaired) electrons. The number of hydroxylamine groups is 1. The normalized spacial score (nSPS) is 13.8. The molecule has 3 aromatic rings. The van der Waals surface area contributed by atoms with Crippen LogP contribution in [0, 0.1) is 5.82 Å². The van der Waals surface area contributed by atoms with Gasteiger partial charge in [-0.2, -0.15) is 0 Å². The molecule has 0 bridgehead atoms. The Labute approximate surface area is 136 Å². The number of hydrogen-bond acceptors (Lipinski definition) is 5. The van der Waals surface area contributed by atoms with Gasteiger partial charge >= 0.3 is 0 Å². The van der Waals surface area contributed by atoms with Crippen molar-refractivity contribution in [2.24, 2.45) is 0 Å². The van der Waals surface area contributed by atoms with Crippen LogP contribution >= 0.6 is 0 Å². The third kappa shape index (κ3) is 2.37. The highest BCUT2D eigenvalue weighted by Gasteiger charge is 2.22. The van der Waals surface area contributed by atoms with Crippen molar-refractivity contribution in [2.75, 3.05) is 11.4 Å². The van der Waals surface area contributed by atoms with Crippen molar-refractivity contribution in [2.45, 2.75) is 13.0 Å². The van der Waals surface area contributed by atoms with Gasteiger partial charge < -0.3 is 9.88 Å². The van der Waals surface area contributed by atoms with Gasteiger partial charge in [0.2, 0.25) is 5.95 Å². The van der Waals surface area contributed by atoms with E-state index in [0.717, 1.165) is 29.6 Å². The monoisotopic (exact) mass is 327 g/mol. The summed E-state index contributed by atoms with van der Waals surface area (Å²) in [4.78, 5) is 24.9. The van der Waals surface area contributed by atoms with Crippen molar-refractivity contribution in [3.8, 4) is 0 Å². The minimum atomic E-state index is -0.653. The predicted molar refractivity (Wildman–Crippen MR) is 84.3 cm³/mol. The standard InChI is InChI=1S/C16H14FN5O2/c17-10-1-2-11-12-3-4-22(8-14(12)20-13(11)5-10)16-18-6-9(7-19-16)15(23)21-24/h1-2,5-7,20,24H,3-4,8H2,(H,21,23). The summed E-state index contributed by atoms with van der Waals surface area (Å²) in [6, 6.07) is 4.77. The number of rotatable bonds is 2. The smallest absolute Gasteiger partial charge is 0.277 e. The second-order valence-electron chi connectivity index (χ2n) is 5.66. The quantitative estimate of drug-likeness (QED) is 0.493. The van der Waals surface area contributed by atoms with Crippen LogP contribution in [0.2, 0.25) is 0 Å². The van der Waals surface area contributed by atoms with E-state index in [2.05, 4.69) is 15.0 Å². The van der Waals surface area contributed by atoms with Gasteiger partial charge in [0.05, 0.1) is 12.1 Å². The predicted octanol–water partition coefficient (Wildman–Crippen LogP) is 1.78. The fraction of sp³-hybridized carbons (Fsp3) is 0.188. The minimum absolute atomic E-state index is 0.181. The number of carbonyl (C=O) groups is 1. The van der Waals surface area contributed by atoms with E-state index in [1.807, 2.05) is 4.90 Å². The van der Waals surface area contributed by atoms with E-state index < -0.39 is 5.91 Å². The van der Waals surface area contributed by atoms with E-state index in [9.17, 15) is 9.18 Å². The third-order valence-electron chi connectivity index (χ3n) is 4.22. The molecule has 3 N–H and O–H groups in total. The Bertz CT molecular complexity index is 922. The maximum Gasteiger partial charge on any atom is 0.277 e. The Morgan fingerprint density at radius 1 is 1.33 bits per heavy atom. The highest BCUT2D eigenvalue weighted by molar-refractivity contribution is 5.92. The van der Waals surface area contributed by atoms with Gasteiger partial charge in [0.25, 0.3) is 5.91 Å². The number of fused-ring (bicyclic) bond motifs is 3. The Kier molecular flexibility index (Phi) is 3.39. The van der Waals surface area contributed by atoms with Crippen LogP contribution in [0.1, 0.15) is 21.6 Å². The van der Waals surface area contributed by atoms with E-state index in [-0.39, 0.29) is 11.4 Å². The molecule has 0 spiro atoms. The summed E-state index contributed by atoms with van der Waals surface area (Å²) < 4.78 is 13.4. The van der Waals surface area contributed by atoms with Crippen LogP contribution in [0.4, 0.5) is 10.3 Å². The zero-order valence-electron chi connectivity index (χ0n) is 12.6. The number of anilines is 1. The molecule has 3 heterocycles. The van der Waals surface area contributed by atoms with Crippen LogP contribution in [0.15, 0.2) is 30.6 Å². The van der Waals surface area contributed by atoms with Crippen LogP contribution < -0.4 is 10.4 Å². The molecule has 0 fully saturated rings. The number of amides is 1. The Balaban J connectivity index is 1.62. The number of benzene rings is 1. The molecule has 1 aliphatic rings. The van der Waals surface area contributed by atoms with E-state index >= 15 is 0 Å². The lowest BCUT2D eigenvalue weighted by atomic mass is 10.0. The topological polar surface area (TPSA) is 94.1 Å².